The van der Waals surface area contributed by atoms with Crippen molar-refractivity contribution in [2.45, 2.75) is 19.4 Å². The zero-order valence-corrected chi connectivity index (χ0v) is 12.7. The van der Waals surface area contributed by atoms with E-state index in [2.05, 4.69) is 0 Å². The van der Waals surface area contributed by atoms with Crippen LogP contribution in [-0.2, 0) is 9.59 Å². The van der Waals surface area contributed by atoms with Crippen LogP contribution in [0.2, 0.25) is 0 Å². The fourth-order valence-electron chi connectivity index (χ4n) is 1.95. The van der Waals surface area contributed by atoms with E-state index in [0.29, 0.717) is 0 Å². The Hall–Kier alpha value is -1.73. The molecule has 1 amide bonds. The van der Waals surface area contributed by atoms with Crippen LogP contribution in [0, 0.1) is 5.82 Å². The van der Waals surface area contributed by atoms with Crippen molar-refractivity contribution >= 4 is 46.3 Å². The smallest absolute Gasteiger partial charge is 0.326 e. The zero-order valence-electron chi connectivity index (χ0n) is 11.1. The monoisotopic (exact) mass is 325 g/mol. The van der Waals surface area contributed by atoms with Gasteiger partial charge in [-0.05, 0) is 18.6 Å². The molecule has 2 rings (SSSR count). The Morgan fingerprint density at radius 3 is 2.76 bits per heavy atom. The average Bonchev–Trinajstić information content (AvgIpc) is 2.70. The van der Waals surface area contributed by atoms with Gasteiger partial charge in [0.05, 0.1) is 4.91 Å². The highest BCUT2D eigenvalue weighted by molar-refractivity contribution is 8.26. The number of thiocarbonyl (C=S) groups is 1. The quantitative estimate of drug-likeness (QED) is 0.681. The molecule has 1 atom stereocenters. The normalized spacial score (nSPS) is 18.4. The van der Waals surface area contributed by atoms with Gasteiger partial charge < -0.3 is 5.11 Å². The summed E-state index contributed by atoms with van der Waals surface area (Å²) in [7, 11) is 0. The first-order valence-corrected chi connectivity index (χ1v) is 7.42. The predicted octanol–water partition coefficient (Wildman–Crippen LogP) is 2.89. The van der Waals surface area contributed by atoms with Crippen molar-refractivity contribution in [1.82, 2.24) is 4.90 Å². The van der Waals surface area contributed by atoms with Crippen molar-refractivity contribution < 1.29 is 19.1 Å². The molecular weight excluding hydrogens is 313 g/mol. The highest BCUT2D eigenvalue weighted by atomic mass is 32.2. The fraction of sp³-hybridized carbons (Fsp3) is 0.214. The van der Waals surface area contributed by atoms with Crippen LogP contribution < -0.4 is 0 Å². The summed E-state index contributed by atoms with van der Waals surface area (Å²) in [5.74, 6) is -2.06. The van der Waals surface area contributed by atoms with Crippen LogP contribution in [0.1, 0.15) is 18.9 Å². The lowest BCUT2D eigenvalue weighted by atomic mass is 10.1. The van der Waals surface area contributed by atoms with E-state index in [1.54, 1.807) is 19.1 Å². The number of carboxylic acid groups (broad SMARTS) is 1. The largest absolute Gasteiger partial charge is 0.480 e. The number of hydrogen-bond donors (Lipinski definition) is 1. The van der Waals surface area contributed by atoms with E-state index in [4.69, 9.17) is 17.3 Å². The molecule has 0 saturated carbocycles. The van der Waals surface area contributed by atoms with Gasteiger partial charge in [0.1, 0.15) is 16.2 Å². The summed E-state index contributed by atoms with van der Waals surface area (Å²) in [5.41, 5.74) is 0.265. The number of amides is 1. The second-order valence-corrected chi connectivity index (χ2v) is 6.01. The topological polar surface area (TPSA) is 57.6 Å². The lowest BCUT2D eigenvalue weighted by Gasteiger charge is -2.21. The second-order valence-electron chi connectivity index (χ2n) is 4.34. The molecule has 1 aromatic rings. The molecule has 1 fully saturated rings. The molecular formula is C14H12FNO3S2. The lowest BCUT2D eigenvalue weighted by Crippen LogP contribution is -2.43. The molecule has 4 nitrogen and oxygen atoms in total. The molecule has 1 N–H and O–H groups in total. The van der Waals surface area contributed by atoms with Gasteiger partial charge in [-0.2, -0.15) is 0 Å². The predicted molar refractivity (Wildman–Crippen MR) is 83.1 cm³/mol. The third-order valence-electron chi connectivity index (χ3n) is 3.00. The average molecular weight is 325 g/mol. The molecule has 0 bridgehead atoms. The minimum Gasteiger partial charge on any atom is -0.480 e. The first-order valence-electron chi connectivity index (χ1n) is 6.20. The molecule has 7 heteroatoms. The summed E-state index contributed by atoms with van der Waals surface area (Å²) in [6.45, 7) is 1.66. The molecule has 0 aromatic heterocycles. The first kappa shape index (κ1) is 15.7. The summed E-state index contributed by atoms with van der Waals surface area (Å²) in [4.78, 5) is 24.8. The zero-order chi connectivity index (χ0) is 15.6. The number of carbonyl (C=O) groups is 2. The minimum absolute atomic E-state index is 0.178. The molecule has 0 spiro atoms. The van der Waals surface area contributed by atoms with Crippen molar-refractivity contribution in [3.8, 4) is 0 Å². The molecule has 1 saturated heterocycles. The second kappa shape index (κ2) is 6.36. The Morgan fingerprint density at radius 1 is 1.52 bits per heavy atom. The maximum Gasteiger partial charge on any atom is 0.326 e. The summed E-state index contributed by atoms with van der Waals surface area (Å²) in [6, 6.07) is 5.04. The van der Waals surface area contributed by atoms with E-state index in [9.17, 15) is 14.0 Å². The van der Waals surface area contributed by atoms with Gasteiger partial charge in [0.2, 0.25) is 0 Å². The first-order chi connectivity index (χ1) is 9.95. The maximum absolute atomic E-state index is 13.6. The lowest BCUT2D eigenvalue weighted by molar-refractivity contribution is -0.145. The van der Waals surface area contributed by atoms with E-state index >= 15 is 0 Å². The van der Waals surface area contributed by atoms with Crippen molar-refractivity contribution in [3.05, 3.63) is 40.6 Å². The molecule has 1 aliphatic heterocycles. The summed E-state index contributed by atoms with van der Waals surface area (Å²) in [6.07, 6.45) is 1.64. The van der Waals surface area contributed by atoms with Crippen molar-refractivity contribution in [1.29, 1.82) is 0 Å². The third-order valence-corrected chi connectivity index (χ3v) is 4.33. The van der Waals surface area contributed by atoms with E-state index in [1.807, 2.05) is 0 Å². The van der Waals surface area contributed by atoms with Gasteiger partial charge in [-0.1, -0.05) is 49.1 Å². The SMILES string of the molecule is CCC(C(=O)O)N1C(=O)C(=Cc2ccccc2F)SC1=S. The number of carbonyl (C=O) groups excluding carboxylic acids is 1. The van der Waals surface area contributed by atoms with Crippen LogP contribution in [-0.4, -0.2) is 32.2 Å². The van der Waals surface area contributed by atoms with Gasteiger partial charge in [-0.25, -0.2) is 9.18 Å². The van der Waals surface area contributed by atoms with E-state index in [-0.39, 0.29) is 21.2 Å². The fourth-order valence-corrected chi connectivity index (χ4v) is 3.30. The Balaban J connectivity index is 2.34. The summed E-state index contributed by atoms with van der Waals surface area (Å²) < 4.78 is 13.8. The van der Waals surface area contributed by atoms with Crippen LogP contribution in [0.3, 0.4) is 0 Å². The Kier molecular flexibility index (Phi) is 4.74. The molecule has 21 heavy (non-hydrogen) atoms. The number of nitrogens with zero attached hydrogens (tertiary/aromatic N) is 1. The van der Waals surface area contributed by atoms with Crippen molar-refractivity contribution in [3.63, 3.8) is 0 Å². The van der Waals surface area contributed by atoms with Crippen LogP contribution in [0.25, 0.3) is 6.08 Å². The van der Waals surface area contributed by atoms with Gasteiger partial charge in [-0.3, -0.25) is 9.69 Å². The van der Waals surface area contributed by atoms with Crippen molar-refractivity contribution in [2.75, 3.05) is 0 Å². The molecule has 1 unspecified atom stereocenters. The highest BCUT2D eigenvalue weighted by Crippen LogP contribution is 2.34. The third kappa shape index (κ3) is 3.14. The maximum atomic E-state index is 13.6. The number of carboxylic acids is 1. The van der Waals surface area contributed by atoms with Gasteiger partial charge >= 0.3 is 5.97 Å². The Bertz CT molecular complexity index is 645. The molecule has 110 valence electrons. The standard InChI is InChI=1S/C14H12FNO3S2/c1-2-10(13(18)19)16-12(17)11(21-14(16)20)7-8-5-3-4-6-9(8)15/h3-7,10H,2H2,1H3,(H,18,19). The minimum atomic E-state index is -1.11. The number of benzene rings is 1. The highest BCUT2D eigenvalue weighted by Gasteiger charge is 2.39. The van der Waals surface area contributed by atoms with E-state index in [1.165, 1.54) is 18.2 Å². The Morgan fingerprint density at radius 2 is 2.19 bits per heavy atom. The number of halogens is 1. The van der Waals surface area contributed by atoms with E-state index < -0.39 is 23.7 Å². The Labute approximate surface area is 130 Å². The summed E-state index contributed by atoms with van der Waals surface area (Å²) in [5, 5.41) is 9.15. The van der Waals surface area contributed by atoms with Crippen LogP contribution >= 0.6 is 24.0 Å². The molecule has 0 aliphatic carbocycles. The van der Waals surface area contributed by atoms with Gasteiger partial charge in [-0.15, -0.1) is 0 Å². The molecule has 1 aromatic carbocycles. The van der Waals surface area contributed by atoms with Crippen molar-refractivity contribution in [2.24, 2.45) is 0 Å². The van der Waals surface area contributed by atoms with Crippen LogP contribution in [0.15, 0.2) is 29.2 Å². The summed E-state index contributed by atoms with van der Waals surface area (Å²) >= 11 is 6.06. The molecule has 1 heterocycles. The number of thioether (sulfide) groups is 1. The van der Waals surface area contributed by atoms with Gasteiger partial charge in [0, 0.05) is 5.56 Å². The van der Waals surface area contributed by atoms with Crippen LogP contribution in [0.5, 0.6) is 0 Å². The van der Waals surface area contributed by atoms with Gasteiger partial charge in [0.25, 0.3) is 5.91 Å². The molecule has 1 aliphatic rings. The van der Waals surface area contributed by atoms with Gasteiger partial charge in [0.15, 0.2) is 0 Å². The number of hydrogen-bond acceptors (Lipinski definition) is 4. The number of aliphatic carboxylic acids is 1. The molecule has 0 radical (unpaired) electrons. The number of rotatable bonds is 4. The van der Waals surface area contributed by atoms with Crippen LogP contribution in [0.4, 0.5) is 4.39 Å². The van der Waals surface area contributed by atoms with E-state index in [0.717, 1.165) is 16.7 Å².